The average molecular weight is 279 g/mol. The first-order chi connectivity index (χ1) is 9.24. The molecule has 19 heavy (non-hydrogen) atoms. The highest BCUT2D eigenvalue weighted by Gasteiger charge is 2.23. The molecule has 5 nitrogen and oxygen atoms in total. The Hall–Kier alpha value is -1.46. The van der Waals surface area contributed by atoms with Crippen molar-refractivity contribution in [1.29, 1.82) is 0 Å². The number of aromatic nitrogens is 4. The van der Waals surface area contributed by atoms with Gasteiger partial charge in [-0.2, -0.15) is 5.10 Å². The fourth-order valence-corrected chi connectivity index (χ4v) is 2.61. The predicted octanol–water partition coefficient (Wildman–Crippen LogP) is 2.42. The van der Waals surface area contributed by atoms with Gasteiger partial charge in [0.05, 0.1) is 11.4 Å². The van der Waals surface area contributed by atoms with E-state index in [4.69, 9.17) is 16.3 Å². The van der Waals surface area contributed by atoms with Crippen LogP contribution in [0.3, 0.4) is 0 Å². The van der Waals surface area contributed by atoms with E-state index < -0.39 is 0 Å². The lowest BCUT2D eigenvalue weighted by atomic mass is 9.93. The molecule has 3 rings (SSSR count). The number of rotatable bonds is 2. The normalized spacial score (nSPS) is 16.7. The minimum Gasteiger partial charge on any atom is -0.381 e. The molecule has 2 aromatic heterocycles. The van der Waals surface area contributed by atoms with Gasteiger partial charge in [-0.1, -0.05) is 0 Å². The number of hydrogen-bond acceptors (Lipinski definition) is 4. The molecule has 0 radical (unpaired) electrons. The smallest absolute Gasteiger partial charge is 0.222 e. The van der Waals surface area contributed by atoms with Crippen molar-refractivity contribution in [1.82, 2.24) is 19.7 Å². The van der Waals surface area contributed by atoms with E-state index in [1.807, 2.05) is 24.0 Å². The zero-order chi connectivity index (χ0) is 13.2. The fourth-order valence-electron chi connectivity index (χ4n) is 2.46. The molecule has 1 aliphatic heterocycles. The summed E-state index contributed by atoms with van der Waals surface area (Å²) >= 11 is 5.87. The standard InChI is InChI=1S/C13H15ClN4O/c1-18-8-10(11-2-5-15-13(14)16-11)12(17-18)9-3-6-19-7-4-9/h2,5,8-9H,3-4,6-7H2,1H3. The summed E-state index contributed by atoms with van der Waals surface area (Å²) in [6.45, 7) is 1.59. The van der Waals surface area contributed by atoms with Crippen LogP contribution in [0.5, 0.6) is 0 Å². The third-order valence-corrected chi connectivity index (χ3v) is 3.55. The van der Waals surface area contributed by atoms with Crippen LogP contribution >= 0.6 is 11.6 Å². The maximum Gasteiger partial charge on any atom is 0.222 e. The van der Waals surface area contributed by atoms with Crippen molar-refractivity contribution in [2.45, 2.75) is 18.8 Å². The summed E-state index contributed by atoms with van der Waals surface area (Å²) in [5.41, 5.74) is 2.95. The Bertz CT molecular complexity index is 578. The Kier molecular flexibility index (Phi) is 3.48. The molecule has 3 heterocycles. The molecule has 0 atom stereocenters. The Labute approximate surface area is 116 Å². The molecule has 1 saturated heterocycles. The summed E-state index contributed by atoms with van der Waals surface area (Å²) in [6, 6.07) is 1.87. The number of ether oxygens (including phenoxy) is 1. The van der Waals surface area contributed by atoms with E-state index in [0.29, 0.717) is 5.92 Å². The number of aryl methyl sites for hydroxylation is 1. The highest BCUT2D eigenvalue weighted by molar-refractivity contribution is 6.28. The summed E-state index contributed by atoms with van der Waals surface area (Å²) < 4.78 is 7.24. The highest BCUT2D eigenvalue weighted by Crippen LogP contribution is 2.33. The Morgan fingerprint density at radius 2 is 2.16 bits per heavy atom. The van der Waals surface area contributed by atoms with Gasteiger partial charge in [0.15, 0.2) is 0 Å². The lowest BCUT2D eigenvalue weighted by Gasteiger charge is -2.21. The molecule has 2 aromatic rings. The SMILES string of the molecule is Cn1cc(-c2ccnc(Cl)n2)c(C2CCOCC2)n1. The largest absolute Gasteiger partial charge is 0.381 e. The lowest BCUT2D eigenvalue weighted by Crippen LogP contribution is -2.15. The first-order valence-electron chi connectivity index (χ1n) is 6.34. The minimum atomic E-state index is 0.263. The molecule has 0 N–H and O–H groups in total. The van der Waals surface area contributed by atoms with Crippen LogP contribution in [-0.4, -0.2) is 33.0 Å². The van der Waals surface area contributed by atoms with Gasteiger partial charge in [0, 0.05) is 44.1 Å². The average Bonchev–Trinajstić information content (AvgIpc) is 2.82. The van der Waals surface area contributed by atoms with E-state index >= 15 is 0 Å². The monoisotopic (exact) mass is 278 g/mol. The van der Waals surface area contributed by atoms with Crippen molar-refractivity contribution in [3.63, 3.8) is 0 Å². The van der Waals surface area contributed by atoms with Gasteiger partial charge in [0.25, 0.3) is 0 Å². The van der Waals surface area contributed by atoms with Crippen LogP contribution in [0.15, 0.2) is 18.5 Å². The van der Waals surface area contributed by atoms with Crippen molar-refractivity contribution < 1.29 is 4.74 Å². The second-order valence-corrected chi connectivity index (χ2v) is 5.04. The van der Waals surface area contributed by atoms with Gasteiger partial charge in [-0.25, -0.2) is 9.97 Å². The van der Waals surface area contributed by atoms with Crippen LogP contribution in [0.4, 0.5) is 0 Å². The number of hydrogen-bond donors (Lipinski definition) is 0. The number of halogens is 1. The van der Waals surface area contributed by atoms with E-state index in [0.717, 1.165) is 43.0 Å². The fraction of sp³-hybridized carbons (Fsp3) is 0.462. The molecule has 0 aliphatic carbocycles. The van der Waals surface area contributed by atoms with E-state index in [1.165, 1.54) is 0 Å². The van der Waals surface area contributed by atoms with Crippen LogP contribution < -0.4 is 0 Å². The topological polar surface area (TPSA) is 52.8 Å². The summed E-state index contributed by atoms with van der Waals surface area (Å²) in [7, 11) is 1.93. The van der Waals surface area contributed by atoms with Crippen LogP contribution in [0.25, 0.3) is 11.3 Å². The van der Waals surface area contributed by atoms with Gasteiger partial charge in [0.1, 0.15) is 0 Å². The third kappa shape index (κ3) is 2.62. The molecule has 6 heteroatoms. The van der Waals surface area contributed by atoms with E-state index in [2.05, 4.69) is 15.1 Å². The zero-order valence-corrected chi connectivity index (χ0v) is 11.5. The molecule has 1 aliphatic rings. The van der Waals surface area contributed by atoms with Gasteiger partial charge < -0.3 is 4.74 Å². The van der Waals surface area contributed by atoms with Crippen LogP contribution in [0.2, 0.25) is 5.28 Å². The van der Waals surface area contributed by atoms with Crippen LogP contribution in [-0.2, 0) is 11.8 Å². The Morgan fingerprint density at radius 3 is 2.89 bits per heavy atom. The molecule has 100 valence electrons. The van der Waals surface area contributed by atoms with E-state index in [-0.39, 0.29) is 5.28 Å². The Balaban J connectivity index is 2.01. The Morgan fingerprint density at radius 1 is 1.37 bits per heavy atom. The van der Waals surface area contributed by atoms with Crippen molar-refractivity contribution in [2.24, 2.45) is 7.05 Å². The summed E-state index contributed by atoms with van der Waals surface area (Å²) in [5.74, 6) is 0.429. The number of nitrogens with zero attached hydrogens (tertiary/aromatic N) is 4. The summed E-state index contributed by atoms with van der Waals surface area (Å²) in [4.78, 5) is 8.20. The van der Waals surface area contributed by atoms with E-state index in [1.54, 1.807) is 6.20 Å². The third-order valence-electron chi connectivity index (χ3n) is 3.37. The highest BCUT2D eigenvalue weighted by atomic mass is 35.5. The van der Waals surface area contributed by atoms with Gasteiger partial charge >= 0.3 is 0 Å². The first kappa shape index (κ1) is 12.6. The maximum absolute atomic E-state index is 5.87. The summed E-state index contributed by atoms with van der Waals surface area (Å²) in [6.07, 6.45) is 5.67. The van der Waals surface area contributed by atoms with Crippen molar-refractivity contribution in [3.05, 3.63) is 29.4 Å². The van der Waals surface area contributed by atoms with E-state index in [9.17, 15) is 0 Å². The summed E-state index contributed by atoms with van der Waals surface area (Å²) in [5, 5.41) is 4.86. The van der Waals surface area contributed by atoms with Crippen LogP contribution in [0.1, 0.15) is 24.5 Å². The second-order valence-electron chi connectivity index (χ2n) is 4.70. The molecule has 0 aromatic carbocycles. The van der Waals surface area contributed by atoms with Crippen LogP contribution in [0, 0.1) is 0 Å². The van der Waals surface area contributed by atoms with Gasteiger partial charge in [-0.15, -0.1) is 0 Å². The molecule has 0 saturated carbocycles. The lowest BCUT2D eigenvalue weighted by molar-refractivity contribution is 0.0845. The molecule has 0 unspecified atom stereocenters. The molecule has 0 amide bonds. The van der Waals surface area contributed by atoms with Crippen molar-refractivity contribution in [3.8, 4) is 11.3 Å². The van der Waals surface area contributed by atoms with Crippen molar-refractivity contribution >= 4 is 11.6 Å². The molecule has 0 spiro atoms. The van der Waals surface area contributed by atoms with Gasteiger partial charge in [-0.05, 0) is 30.5 Å². The van der Waals surface area contributed by atoms with Crippen molar-refractivity contribution in [2.75, 3.05) is 13.2 Å². The quantitative estimate of drug-likeness (QED) is 0.792. The second kappa shape index (κ2) is 5.27. The molecular weight excluding hydrogens is 264 g/mol. The maximum atomic E-state index is 5.87. The van der Waals surface area contributed by atoms with Gasteiger partial charge in [-0.3, -0.25) is 4.68 Å². The minimum absolute atomic E-state index is 0.263. The molecule has 0 bridgehead atoms. The van der Waals surface area contributed by atoms with Gasteiger partial charge in [0.2, 0.25) is 5.28 Å². The molecular formula is C13H15ClN4O. The predicted molar refractivity (Wildman–Crippen MR) is 72.0 cm³/mol. The molecule has 1 fully saturated rings. The first-order valence-corrected chi connectivity index (χ1v) is 6.72. The zero-order valence-electron chi connectivity index (χ0n) is 10.7.